The number of phenols is 1. The molecule has 1 amide bonds. The Morgan fingerprint density at radius 1 is 1.16 bits per heavy atom. The smallest absolute Gasteiger partial charge is 0.226 e. The average molecular weight is 444 g/mol. The Hall–Kier alpha value is -2.93. The zero-order valence-corrected chi connectivity index (χ0v) is 18.8. The SMILES string of the molecule is CCNC(=NCCC(=O)Nc1ccc(C)cc1Cl)N1CCN(c2ccccc2O)CC1. The topological polar surface area (TPSA) is 80.2 Å². The minimum absolute atomic E-state index is 0.116. The summed E-state index contributed by atoms with van der Waals surface area (Å²) in [4.78, 5) is 21.3. The van der Waals surface area contributed by atoms with E-state index in [0.29, 0.717) is 23.0 Å². The predicted octanol–water partition coefficient (Wildman–Crippen LogP) is 3.47. The monoisotopic (exact) mass is 443 g/mol. The lowest BCUT2D eigenvalue weighted by molar-refractivity contribution is -0.116. The maximum atomic E-state index is 12.3. The van der Waals surface area contributed by atoms with Crippen molar-refractivity contribution >= 4 is 34.8 Å². The Kier molecular flexibility index (Phi) is 8.00. The van der Waals surface area contributed by atoms with Crippen LogP contribution < -0.4 is 15.5 Å². The van der Waals surface area contributed by atoms with Crippen molar-refractivity contribution in [3.63, 3.8) is 0 Å². The fourth-order valence-electron chi connectivity index (χ4n) is 3.51. The number of aromatic hydroxyl groups is 1. The number of guanidine groups is 1. The van der Waals surface area contributed by atoms with Crippen molar-refractivity contribution in [2.24, 2.45) is 4.99 Å². The van der Waals surface area contributed by atoms with Crippen molar-refractivity contribution in [3.8, 4) is 5.75 Å². The number of hydrogen-bond donors (Lipinski definition) is 3. The van der Waals surface area contributed by atoms with Crippen LogP contribution in [0.25, 0.3) is 0 Å². The molecule has 2 aromatic rings. The molecule has 2 aromatic carbocycles. The summed E-state index contributed by atoms with van der Waals surface area (Å²) in [5, 5.41) is 16.8. The second kappa shape index (κ2) is 10.9. The zero-order valence-electron chi connectivity index (χ0n) is 18.1. The number of phenolic OH excluding ortho intramolecular Hbond substituents is 1. The summed E-state index contributed by atoms with van der Waals surface area (Å²) in [5.74, 6) is 0.992. The maximum absolute atomic E-state index is 12.3. The molecule has 0 atom stereocenters. The molecule has 0 spiro atoms. The van der Waals surface area contributed by atoms with Gasteiger partial charge in [-0.3, -0.25) is 9.79 Å². The third kappa shape index (κ3) is 6.28. The number of benzene rings is 2. The molecule has 1 saturated heterocycles. The summed E-state index contributed by atoms with van der Waals surface area (Å²) < 4.78 is 0. The molecule has 1 aliphatic heterocycles. The summed E-state index contributed by atoms with van der Waals surface area (Å²) in [7, 11) is 0. The lowest BCUT2D eigenvalue weighted by Gasteiger charge is -2.37. The molecular formula is C23H30ClN5O2. The van der Waals surface area contributed by atoms with Gasteiger partial charge in [0.1, 0.15) is 5.75 Å². The van der Waals surface area contributed by atoms with E-state index >= 15 is 0 Å². The number of amides is 1. The Labute approximate surface area is 188 Å². The molecule has 3 rings (SSSR count). The Balaban J connectivity index is 1.53. The quantitative estimate of drug-likeness (QED) is 0.470. The molecule has 0 saturated carbocycles. The van der Waals surface area contributed by atoms with Gasteiger partial charge in [-0.1, -0.05) is 29.8 Å². The molecule has 0 aromatic heterocycles. The molecule has 166 valence electrons. The van der Waals surface area contributed by atoms with Crippen molar-refractivity contribution in [1.82, 2.24) is 10.2 Å². The molecule has 1 aliphatic rings. The van der Waals surface area contributed by atoms with E-state index in [1.807, 2.05) is 50.2 Å². The summed E-state index contributed by atoms with van der Waals surface area (Å²) in [6.45, 7) is 8.26. The minimum Gasteiger partial charge on any atom is -0.506 e. The van der Waals surface area contributed by atoms with Gasteiger partial charge in [-0.2, -0.15) is 0 Å². The molecule has 3 N–H and O–H groups in total. The van der Waals surface area contributed by atoms with Gasteiger partial charge in [-0.15, -0.1) is 0 Å². The number of nitrogens with one attached hydrogen (secondary N) is 2. The van der Waals surface area contributed by atoms with Gasteiger partial charge in [0.25, 0.3) is 0 Å². The number of carbonyl (C=O) groups is 1. The highest BCUT2D eigenvalue weighted by atomic mass is 35.5. The summed E-state index contributed by atoms with van der Waals surface area (Å²) in [6, 6.07) is 13.0. The van der Waals surface area contributed by atoms with E-state index in [1.54, 1.807) is 6.07 Å². The minimum atomic E-state index is -0.116. The van der Waals surface area contributed by atoms with Crippen LogP contribution >= 0.6 is 11.6 Å². The van der Waals surface area contributed by atoms with E-state index in [9.17, 15) is 9.90 Å². The first-order chi connectivity index (χ1) is 15.0. The highest BCUT2D eigenvalue weighted by Gasteiger charge is 2.21. The number of halogens is 1. The number of hydrogen-bond acceptors (Lipinski definition) is 4. The van der Waals surface area contributed by atoms with Crippen LogP contribution in [0.2, 0.25) is 5.02 Å². The fraction of sp³-hybridized carbons (Fsp3) is 0.391. The van der Waals surface area contributed by atoms with Crippen LogP contribution in [0.3, 0.4) is 0 Å². The lowest BCUT2D eigenvalue weighted by atomic mass is 10.2. The number of rotatable bonds is 6. The number of piperazine rings is 1. The van der Waals surface area contributed by atoms with Gasteiger partial charge in [0, 0.05) is 39.1 Å². The Bertz CT molecular complexity index is 926. The highest BCUT2D eigenvalue weighted by Crippen LogP contribution is 2.27. The number of carbonyl (C=O) groups excluding carboxylic acids is 1. The Morgan fingerprint density at radius 3 is 2.58 bits per heavy atom. The van der Waals surface area contributed by atoms with Crippen molar-refractivity contribution in [2.45, 2.75) is 20.3 Å². The number of anilines is 2. The first kappa shape index (κ1) is 22.7. The number of para-hydroxylation sites is 2. The molecule has 0 radical (unpaired) electrons. The van der Waals surface area contributed by atoms with Gasteiger partial charge < -0.3 is 25.5 Å². The van der Waals surface area contributed by atoms with Gasteiger partial charge in [-0.25, -0.2) is 0 Å². The van der Waals surface area contributed by atoms with Crippen molar-refractivity contribution in [2.75, 3.05) is 49.5 Å². The fourth-order valence-corrected chi connectivity index (χ4v) is 3.80. The predicted molar refractivity (Wildman–Crippen MR) is 127 cm³/mol. The third-order valence-electron chi connectivity index (χ3n) is 5.14. The largest absolute Gasteiger partial charge is 0.506 e. The van der Waals surface area contributed by atoms with Gasteiger partial charge in [-0.05, 0) is 43.7 Å². The molecule has 31 heavy (non-hydrogen) atoms. The summed E-state index contributed by atoms with van der Waals surface area (Å²) in [5.41, 5.74) is 2.52. The van der Waals surface area contributed by atoms with Crippen LogP contribution in [-0.2, 0) is 4.79 Å². The van der Waals surface area contributed by atoms with Crippen molar-refractivity contribution in [3.05, 3.63) is 53.1 Å². The van der Waals surface area contributed by atoms with Crippen LogP contribution in [-0.4, -0.2) is 61.1 Å². The highest BCUT2D eigenvalue weighted by molar-refractivity contribution is 6.33. The number of aryl methyl sites for hydroxylation is 1. The van der Waals surface area contributed by atoms with Gasteiger partial charge >= 0.3 is 0 Å². The van der Waals surface area contributed by atoms with Gasteiger partial charge in [0.05, 0.1) is 22.9 Å². The van der Waals surface area contributed by atoms with Crippen molar-refractivity contribution < 1.29 is 9.90 Å². The normalized spacial score (nSPS) is 14.5. The molecule has 8 heteroatoms. The number of nitrogens with zero attached hydrogens (tertiary/aromatic N) is 3. The van der Waals surface area contributed by atoms with E-state index in [-0.39, 0.29) is 12.3 Å². The van der Waals surface area contributed by atoms with Gasteiger partial charge in [0.15, 0.2) is 5.96 Å². The molecule has 0 aliphatic carbocycles. The molecule has 1 heterocycles. The second-order valence-electron chi connectivity index (χ2n) is 7.48. The van der Waals surface area contributed by atoms with Crippen LogP contribution in [0.5, 0.6) is 5.75 Å². The van der Waals surface area contributed by atoms with Crippen LogP contribution in [0.15, 0.2) is 47.5 Å². The van der Waals surface area contributed by atoms with Gasteiger partial charge in [0.2, 0.25) is 5.91 Å². The maximum Gasteiger partial charge on any atom is 0.226 e. The number of aliphatic imine (C=N–C) groups is 1. The van der Waals surface area contributed by atoms with Crippen molar-refractivity contribution in [1.29, 1.82) is 0 Å². The molecule has 1 fully saturated rings. The summed E-state index contributed by atoms with van der Waals surface area (Å²) in [6.07, 6.45) is 0.275. The van der Waals surface area contributed by atoms with E-state index in [2.05, 4.69) is 25.4 Å². The third-order valence-corrected chi connectivity index (χ3v) is 5.45. The van der Waals surface area contributed by atoms with E-state index in [0.717, 1.165) is 49.9 Å². The van der Waals surface area contributed by atoms with Crippen LogP contribution in [0.4, 0.5) is 11.4 Å². The molecular weight excluding hydrogens is 414 g/mol. The molecule has 7 nitrogen and oxygen atoms in total. The Morgan fingerprint density at radius 2 is 1.90 bits per heavy atom. The van der Waals surface area contributed by atoms with E-state index in [4.69, 9.17) is 11.6 Å². The van der Waals surface area contributed by atoms with E-state index in [1.165, 1.54) is 0 Å². The van der Waals surface area contributed by atoms with E-state index < -0.39 is 0 Å². The van der Waals surface area contributed by atoms with Crippen LogP contribution in [0.1, 0.15) is 18.9 Å². The zero-order chi connectivity index (χ0) is 22.2. The first-order valence-electron chi connectivity index (χ1n) is 10.6. The first-order valence-corrected chi connectivity index (χ1v) is 11.0. The average Bonchev–Trinajstić information content (AvgIpc) is 2.76. The van der Waals surface area contributed by atoms with Crippen LogP contribution in [0, 0.1) is 6.92 Å². The standard InChI is InChI=1S/C23H30ClN5O2/c1-3-25-23(26-11-10-22(31)27-19-9-8-17(2)16-18(19)24)29-14-12-28(13-15-29)20-6-4-5-7-21(20)30/h4-9,16,30H,3,10-15H2,1-2H3,(H,25,26)(H,27,31). The lowest BCUT2D eigenvalue weighted by Crippen LogP contribution is -2.52. The molecule has 0 unspecified atom stereocenters. The second-order valence-corrected chi connectivity index (χ2v) is 7.89. The summed E-state index contributed by atoms with van der Waals surface area (Å²) >= 11 is 6.19. The molecule has 0 bridgehead atoms.